The fourth-order valence-corrected chi connectivity index (χ4v) is 6.62. The van der Waals surface area contributed by atoms with Gasteiger partial charge >= 0.3 is 0 Å². The topological polar surface area (TPSA) is 104 Å². The van der Waals surface area contributed by atoms with Crippen LogP contribution in [-0.2, 0) is 25.8 Å². The molecule has 1 unspecified atom stereocenters. The van der Waals surface area contributed by atoms with Gasteiger partial charge in [0.05, 0.1) is 21.8 Å². The van der Waals surface area contributed by atoms with Crippen LogP contribution in [-0.4, -0.2) is 31.8 Å². The largest absolute Gasteiger partial charge is 0.490 e. The maximum atomic E-state index is 13.6. The van der Waals surface area contributed by atoms with Crippen molar-refractivity contribution in [3.05, 3.63) is 76.8 Å². The molecule has 1 aliphatic rings. The highest BCUT2D eigenvalue weighted by Crippen LogP contribution is 2.38. The number of para-hydroxylation sites is 1. The van der Waals surface area contributed by atoms with Crippen molar-refractivity contribution in [3.8, 4) is 16.9 Å². The van der Waals surface area contributed by atoms with Crippen LogP contribution >= 0.6 is 11.6 Å². The van der Waals surface area contributed by atoms with E-state index in [1.165, 1.54) is 19.1 Å². The lowest BCUT2D eigenvalue weighted by atomic mass is 9.86. The van der Waals surface area contributed by atoms with Crippen molar-refractivity contribution < 1.29 is 22.7 Å². The molecule has 206 valence electrons. The third-order valence-corrected chi connectivity index (χ3v) is 9.02. The van der Waals surface area contributed by atoms with E-state index < -0.39 is 15.8 Å². The molecule has 3 aromatic rings. The number of ketones is 2. The Morgan fingerprint density at radius 2 is 1.69 bits per heavy atom. The van der Waals surface area contributed by atoms with Gasteiger partial charge in [-0.2, -0.15) is 0 Å². The molecule has 39 heavy (non-hydrogen) atoms. The fourth-order valence-electron chi connectivity index (χ4n) is 4.65. The van der Waals surface area contributed by atoms with E-state index >= 15 is 0 Å². The van der Waals surface area contributed by atoms with E-state index in [1.54, 1.807) is 24.3 Å². The summed E-state index contributed by atoms with van der Waals surface area (Å²) in [6, 6.07) is 17.3. The Kier molecular flexibility index (Phi) is 8.82. The van der Waals surface area contributed by atoms with Crippen molar-refractivity contribution in [3.63, 3.8) is 0 Å². The summed E-state index contributed by atoms with van der Waals surface area (Å²) in [7, 11) is -3.37. The van der Waals surface area contributed by atoms with Crippen LogP contribution in [0, 0.1) is 5.92 Å². The Bertz CT molecular complexity index is 1480. The normalized spacial score (nSPS) is 14.3. The molecule has 0 spiro atoms. The molecule has 1 saturated carbocycles. The van der Waals surface area contributed by atoms with Gasteiger partial charge in [0.15, 0.2) is 9.84 Å². The van der Waals surface area contributed by atoms with Crippen molar-refractivity contribution in [1.29, 1.82) is 0 Å². The minimum absolute atomic E-state index is 0.0110. The van der Waals surface area contributed by atoms with E-state index in [0.717, 1.165) is 18.4 Å². The summed E-state index contributed by atoms with van der Waals surface area (Å²) in [5.41, 5.74) is 9.34. The minimum Gasteiger partial charge on any atom is -0.490 e. The lowest BCUT2D eigenvalue weighted by molar-refractivity contribution is -0.124. The molecule has 3 aromatic carbocycles. The molecule has 2 N–H and O–H groups in total. The lowest BCUT2D eigenvalue weighted by Gasteiger charge is -2.19. The molecular formula is C31H34ClNO5S. The van der Waals surface area contributed by atoms with Crippen LogP contribution < -0.4 is 10.5 Å². The van der Waals surface area contributed by atoms with Crippen molar-refractivity contribution in [2.24, 2.45) is 5.92 Å². The monoisotopic (exact) mass is 567 g/mol. The third-order valence-electron chi connectivity index (χ3n) is 6.81. The number of sulfone groups is 1. The Hall–Kier alpha value is -3.16. The smallest absolute Gasteiger partial charge is 0.178 e. The van der Waals surface area contributed by atoms with Gasteiger partial charge in [-0.3, -0.25) is 9.59 Å². The Morgan fingerprint density at radius 1 is 1.03 bits per heavy atom. The van der Waals surface area contributed by atoms with E-state index in [1.807, 2.05) is 38.1 Å². The summed E-state index contributed by atoms with van der Waals surface area (Å²) < 4.78 is 31.3. The maximum absolute atomic E-state index is 13.6. The van der Waals surface area contributed by atoms with Gasteiger partial charge in [-0.15, -0.1) is 0 Å². The highest BCUT2D eigenvalue weighted by molar-refractivity contribution is 7.91. The van der Waals surface area contributed by atoms with Gasteiger partial charge < -0.3 is 10.5 Å². The highest BCUT2D eigenvalue weighted by atomic mass is 35.5. The summed E-state index contributed by atoms with van der Waals surface area (Å²) in [6.45, 7) is 5.32. The zero-order valence-corrected chi connectivity index (χ0v) is 24.0. The summed E-state index contributed by atoms with van der Waals surface area (Å²) in [4.78, 5) is 25.9. The molecule has 0 aliphatic heterocycles. The lowest BCUT2D eigenvalue weighted by Crippen LogP contribution is -2.19. The van der Waals surface area contributed by atoms with Crippen LogP contribution in [0.3, 0.4) is 0 Å². The van der Waals surface area contributed by atoms with Gasteiger partial charge in [0.1, 0.15) is 17.3 Å². The van der Waals surface area contributed by atoms with E-state index in [0.29, 0.717) is 33.1 Å². The molecule has 1 atom stereocenters. The molecule has 0 bridgehead atoms. The van der Waals surface area contributed by atoms with Crippen molar-refractivity contribution in [2.45, 2.75) is 63.4 Å². The first-order chi connectivity index (χ1) is 18.4. The molecule has 0 aromatic heterocycles. The predicted octanol–water partition coefficient (Wildman–Crippen LogP) is 6.43. The van der Waals surface area contributed by atoms with Gasteiger partial charge in [0.25, 0.3) is 0 Å². The van der Waals surface area contributed by atoms with Gasteiger partial charge in [0, 0.05) is 35.6 Å². The fraction of sp³-hybridized carbons (Fsp3) is 0.355. The Labute approximate surface area is 235 Å². The average molecular weight is 568 g/mol. The number of nitrogens with two attached hydrogens (primary N) is 1. The second-order valence-electron chi connectivity index (χ2n) is 10.6. The van der Waals surface area contributed by atoms with E-state index in [9.17, 15) is 18.0 Å². The SMILES string of the molecule is CC(=O)CC(C(=O)Cc1cc(-c2ccccc2OC(C)C)c(Cl)cc1N)c1ccc(S(=O)(=O)CC2CC2)cc1. The molecule has 0 radical (unpaired) electrons. The van der Waals surface area contributed by atoms with Crippen molar-refractivity contribution in [2.75, 3.05) is 11.5 Å². The molecule has 0 heterocycles. The van der Waals surface area contributed by atoms with Crippen LogP contribution in [0.4, 0.5) is 5.69 Å². The zero-order valence-electron chi connectivity index (χ0n) is 22.4. The molecule has 0 amide bonds. The first-order valence-corrected chi connectivity index (χ1v) is 15.2. The van der Waals surface area contributed by atoms with Crippen molar-refractivity contribution in [1.82, 2.24) is 0 Å². The van der Waals surface area contributed by atoms with E-state index in [-0.39, 0.29) is 47.1 Å². The standard InChI is InChI=1S/C31H34ClNO5S/c1-19(2)38-31-7-5-4-6-25(31)27-15-23(29(33)17-28(27)32)16-30(35)26(14-20(3)34)22-10-12-24(13-11-22)39(36,37)18-21-8-9-21/h4-7,10-13,15,17,19,21,26H,8-9,14,16,18,33H2,1-3H3. The van der Waals surface area contributed by atoms with Gasteiger partial charge in [-0.25, -0.2) is 8.42 Å². The number of anilines is 1. The number of hydrogen-bond donors (Lipinski definition) is 1. The number of rotatable bonds is 12. The number of hydrogen-bond acceptors (Lipinski definition) is 6. The van der Waals surface area contributed by atoms with Crippen LogP contribution in [0.25, 0.3) is 11.1 Å². The van der Waals surface area contributed by atoms with Gasteiger partial charge in [-0.1, -0.05) is 41.9 Å². The molecule has 4 rings (SSSR count). The minimum atomic E-state index is -3.37. The van der Waals surface area contributed by atoms with Crippen LogP contribution in [0.1, 0.15) is 57.1 Å². The first kappa shape index (κ1) is 28.8. The second-order valence-corrected chi connectivity index (χ2v) is 13.0. The average Bonchev–Trinajstić information content (AvgIpc) is 3.67. The van der Waals surface area contributed by atoms with E-state index in [2.05, 4.69) is 0 Å². The molecular weight excluding hydrogens is 534 g/mol. The second kappa shape index (κ2) is 11.9. The Balaban J connectivity index is 1.62. The number of carbonyl (C=O) groups excluding carboxylic acids is 2. The molecule has 8 heteroatoms. The third kappa shape index (κ3) is 7.28. The number of ether oxygens (including phenoxy) is 1. The summed E-state index contributed by atoms with van der Waals surface area (Å²) in [5, 5.41) is 0.437. The number of nitrogen functional groups attached to an aromatic ring is 1. The molecule has 6 nitrogen and oxygen atoms in total. The summed E-state index contributed by atoms with van der Waals surface area (Å²) in [5.74, 6) is 0.000560. The van der Waals surface area contributed by atoms with E-state index in [4.69, 9.17) is 22.1 Å². The quantitative estimate of drug-likeness (QED) is 0.253. The summed E-state index contributed by atoms with van der Waals surface area (Å²) in [6.07, 6.45) is 1.85. The summed E-state index contributed by atoms with van der Waals surface area (Å²) >= 11 is 6.58. The number of Topliss-reactive ketones (excluding diaryl/α,β-unsaturated/α-hetero) is 2. The first-order valence-electron chi connectivity index (χ1n) is 13.1. The number of halogens is 1. The maximum Gasteiger partial charge on any atom is 0.178 e. The predicted molar refractivity (Wildman–Crippen MR) is 155 cm³/mol. The van der Waals surface area contributed by atoms with Crippen molar-refractivity contribution >= 4 is 38.7 Å². The number of benzene rings is 3. The molecule has 1 fully saturated rings. The zero-order chi connectivity index (χ0) is 28.3. The molecule has 0 saturated heterocycles. The van der Waals surface area contributed by atoms with Crippen LogP contribution in [0.2, 0.25) is 5.02 Å². The highest BCUT2D eigenvalue weighted by Gasteiger charge is 2.30. The molecule has 1 aliphatic carbocycles. The van der Waals surface area contributed by atoms with Crippen LogP contribution in [0.5, 0.6) is 5.75 Å². The van der Waals surface area contributed by atoms with Gasteiger partial charge in [-0.05, 0) is 81.0 Å². The van der Waals surface area contributed by atoms with Gasteiger partial charge in [0.2, 0.25) is 0 Å². The van der Waals surface area contributed by atoms with Crippen LogP contribution in [0.15, 0.2) is 65.6 Å². The number of carbonyl (C=O) groups is 2. The Morgan fingerprint density at radius 3 is 2.31 bits per heavy atom.